The highest BCUT2D eigenvalue weighted by molar-refractivity contribution is 5.83. The van der Waals surface area contributed by atoms with Crippen molar-refractivity contribution >= 4 is 34.9 Å². The molecule has 1 N–H and O–H groups in total. The number of ether oxygens (including phenoxy) is 4. The monoisotopic (exact) mass is 511 g/mol. The zero-order chi connectivity index (χ0) is 26.5. The highest BCUT2D eigenvalue weighted by Gasteiger charge is 2.51. The summed E-state index contributed by atoms with van der Waals surface area (Å²) in [7, 11) is 0. The number of hydrogen-bond acceptors (Lipinski definition) is 11. The van der Waals surface area contributed by atoms with Crippen molar-refractivity contribution in [1.29, 1.82) is 0 Å². The Morgan fingerprint density at radius 1 is 1.00 bits per heavy atom. The molecule has 1 aliphatic rings. The minimum Gasteiger partial charge on any atom is -0.463 e. The van der Waals surface area contributed by atoms with E-state index in [0.717, 1.165) is 12.0 Å². The van der Waals surface area contributed by atoms with Crippen molar-refractivity contribution in [3.05, 3.63) is 48.5 Å². The summed E-state index contributed by atoms with van der Waals surface area (Å²) in [6, 6.07) is 9.96. The van der Waals surface area contributed by atoms with Gasteiger partial charge in [-0.15, -0.1) is 0 Å². The summed E-state index contributed by atoms with van der Waals surface area (Å²) >= 11 is 0. The molecule has 0 unspecified atom stereocenters. The molecule has 0 radical (unpaired) electrons. The Bertz CT molecular complexity index is 1260. The molecule has 1 saturated heterocycles. The van der Waals surface area contributed by atoms with Crippen molar-refractivity contribution in [2.24, 2.45) is 0 Å². The fourth-order valence-electron chi connectivity index (χ4n) is 4.33. The van der Waals surface area contributed by atoms with E-state index in [1.165, 1.54) is 33.4 Å². The molecule has 0 aliphatic carbocycles. The van der Waals surface area contributed by atoms with Gasteiger partial charge in [-0.1, -0.05) is 37.3 Å². The first-order valence-electron chi connectivity index (χ1n) is 11.9. The van der Waals surface area contributed by atoms with Crippen LogP contribution in [0.4, 0.5) is 5.82 Å². The molecule has 1 aliphatic heterocycles. The Hall–Kier alpha value is -4.06. The molecular weight excluding hydrogens is 482 g/mol. The highest BCUT2D eigenvalue weighted by atomic mass is 16.7. The van der Waals surface area contributed by atoms with Gasteiger partial charge in [-0.25, -0.2) is 15.0 Å². The Balaban J connectivity index is 1.69. The second-order valence-corrected chi connectivity index (χ2v) is 8.58. The predicted molar refractivity (Wildman–Crippen MR) is 130 cm³/mol. The van der Waals surface area contributed by atoms with Gasteiger partial charge in [0.2, 0.25) is 0 Å². The standard InChI is InChI=1S/C25H29N5O7/c1-5-18(17-9-7-6-8-10-17)29-23-20-24(27-12-26-23)30(13-28-20)25-22(36-16(4)33)21(35-15(3)32)19(37-25)11-34-14(2)31/h6-10,12-13,18-19,21-22,25H,5,11H2,1-4H3,(H,26,27,29)/t18-,19-,21-,22-,25-/m1/s1. The van der Waals surface area contributed by atoms with Crippen LogP contribution in [0.3, 0.4) is 0 Å². The lowest BCUT2D eigenvalue weighted by Gasteiger charge is -2.23. The summed E-state index contributed by atoms with van der Waals surface area (Å²) in [6.07, 6.45) is -0.217. The third kappa shape index (κ3) is 5.85. The van der Waals surface area contributed by atoms with Gasteiger partial charge in [0.15, 0.2) is 35.4 Å². The van der Waals surface area contributed by atoms with E-state index < -0.39 is 42.4 Å². The van der Waals surface area contributed by atoms with Gasteiger partial charge in [0.1, 0.15) is 19.0 Å². The van der Waals surface area contributed by atoms with Gasteiger partial charge in [-0.05, 0) is 12.0 Å². The van der Waals surface area contributed by atoms with Crippen LogP contribution in [0.5, 0.6) is 0 Å². The van der Waals surface area contributed by atoms with Gasteiger partial charge < -0.3 is 24.3 Å². The number of nitrogens with one attached hydrogen (secondary N) is 1. The molecule has 12 heteroatoms. The number of carbonyl (C=O) groups excluding carboxylic acids is 3. The molecule has 0 amide bonds. The number of carbonyl (C=O) groups is 3. The van der Waals surface area contributed by atoms with Crippen LogP contribution in [0.1, 0.15) is 51.9 Å². The van der Waals surface area contributed by atoms with Crippen LogP contribution >= 0.6 is 0 Å². The summed E-state index contributed by atoms with van der Waals surface area (Å²) in [6.45, 7) is 5.59. The van der Waals surface area contributed by atoms with Crippen LogP contribution in [0.2, 0.25) is 0 Å². The minimum absolute atomic E-state index is 0.0116. The lowest BCUT2D eigenvalue weighted by Crippen LogP contribution is -2.40. The number of esters is 3. The fourth-order valence-corrected chi connectivity index (χ4v) is 4.33. The molecule has 0 bridgehead atoms. The first-order valence-corrected chi connectivity index (χ1v) is 11.9. The normalized spacial score (nSPS) is 21.8. The highest BCUT2D eigenvalue weighted by Crippen LogP contribution is 2.36. The molecule has 12 nitrogen and oxygen atoms in total. The van der Waals surface area contributed by atoms with E-state index >= 15 is 0 Å². The third-order valence-electron chi connectivity index (χ3n) is 5.89. The SMILES string of the molecule is CC[C@@H](Nc1ncnc2c1ncn2[C@@H]1O[C@H](COC(C)=O)[C@@H](OC(C)=O)[C@H]1OC(C)=O)c1ccccc1. The van der Waals surface area contributed by atoms with E-state index in [0.29, 0.717) is 17.0 Å². The summed E-state index contributed by atoms with van der Waals surface area (Å²) in [5.74, 6) is -1.21. The molecule has 0 spiro atoms. The number of benzene rings is 1. The Morgan fingerprint density at radius 3 is 2.35 bits per heavy atom. The van der Waals surface area contributed by atoms with Gasteiger partial charge in [-0.3, -0.25) is 19.0 Å². The molecule has 3 heterocycles. The van der Waals surface area contributed by atoms with Gasteiger partial charge >= 0.3 is 17.9 Å². The van der Waals surface area contributed by atoms with Crippen molar-refractivity contribution in [2.45, 2.75) is 64.7 Å². The zero-order valence-electron chi connectivity index (χ0n) is 21.0. The van der Waals surface area contributed by atoms with E-state index in [4.69, 9.17) is 18.9 Å². The zero-order valence-corrected chi connectivity index (χ0v) is 21.0. The van der Waals surface area contributed by atoms with E-state index in [-0.39, 0.29) is 12.6 Å². The number of imidazole rings is 1. The number of hydrogen-bond donors (Lipinski definition) is 1. The number of aromatic nitrogens is 4. The Morgan fingerprint density at radius 2 is 1.70 bits per heavy atom. The van der Waals surface area contributed by atoms with Crippen LogP contribution in [-0.2, 0) is 33.3 Å². The molecule has 2 aromatic heterocycles. The average Bonchev–Trinajstić information content (AvgIpc) is 3.43. The van der Waals surface area contributed by atoms with Gasteiger partial charge in [-0.2, -0.15) is 0 Å². The third-order valence-corrected chi connectivity index (χ3v) is 5.89. The maximum Gasteiger partial charge on any atom is 0.303 e. The average molecular weight is 512 g/mol. The lowest BCUT2D eigenvalue weighted by atomic mass is 10.0. The maximum atomic E-state index is 12.0. The molecule has 4 rings (SSSR count). The Labute approximate surface area is 213 Å². The topological polar surface area (TPSA) is 144 Å². The van der Waals surface area contributed by atoms with Crippen molar-refractivity contribution in [2.75, 3.05) is 11.9 Å². The van der Waals surface area contributed by atoms with E-state index in [9.17, 15) is 14.4 Å². The number of fused-ring (bicyclic) bond motifs is 1. The fraction of sp³-hybridized carbons (Fsp3) is 0.440. The molecule has 3 aromatic rings. The van der Waals surface area contributed by atoms with Crippen molar-refractivity contribution in [3.8, 4) is 0 Å². The summed E-state index contributed by atoms with van der Waals surface area (Å²) in [5, 5.41) is 3.43. The quantitative estimate of drug-likeness (QED) is 0.334. The number of anilines is 1. The van der Waals surface area contributed by atoms with Gasteiger partial charge in [0, 0.05) is 20.8 Å². The molecule has 0 saturated carbocycles. The van der Waals surface area contributed by atoms with Crippen LogP contribution in [0.15, 0.2) is 43.0 Å². The van der Waals surface area contributed by atoms with Crippen molar-refractivity contribution in [3.63, 3.8) is 0 Å². The van der Waals surface area contributed by atoms with Gasteiger partial charge in [0.05, 0.1) is 12.4 Å². The molecule has 5 atom stereocenters. The van der Waals surface area contributed by atoms with Crippen molar-refractivity contribution < 1.29 is 33.3 Å². The second kappa shape index (κ2) is 11.3. The summed E-state index contributed by atoms with van der Waals surface area (Å²) < 4.78 is 23.8. The van der Waals surface area contributed by atoms with Crippen LogP contribution in [-0.4, -0.2) is 62.3 Å². The van der Waals surface area contributed by atoms with Gasteiger partial charge in [0.25, 0.3) is 0 Å². The van der Waals surface area contributed by atoms with Crippen LogP contribution in [0, 0.1) is 0 Å². The molecule has 196 valence electrons. The van der Waals surface area contributed by atoms with E-state index in [2.05, 4.69) is 27.2 Å². The Kier molecular flexibility index (Phi) is 7.97. The molecular formula is C25H29N5O7. The first kappa shape index (κ1) is 26.0. The van der Waals surface area contributed by atoms with Crippen LogP contribution < -0.4 is 5.32 Å². The molecule has 1 aromatic carbocycles. The summed E-state index contributed by atoms with van der Waals surface area (Å²) in [5.41, 5.74) is 1.99. The largest absolute Gasteiger partial charge is 0.463 e. The molecule has 1 fully saturated rings. The lowest BCUT2D eigenvalue weighted by molar-refractivity contribution is -0.166. The van der Waals surface area contributed by atoms with Crippen LogP contribution in [0.25, 0.3) is 11.2 Å². The number of nitrogens with zero attached hydrogens (tertiary/aromatic N) is 4. The minimum atomic E-state index is -1.04. The smallest absolute Gasteiger partial charge is 0.303 e. The number of rotatable bonds is 9. The predicted octanol–water partition coefficient (Wildman–Crippen LogP) is 2.71. The maximum absolute atomic E-state index is 12.0. The van der Waals surface area contributed by atoms with E-state index in [1.807, 2.05) is 30.3 Å². The van der Waals surface area contributed by atoms with E-state index in [1.54, 1.807) is 4.57 Å². The second-order valence-electron chi connectivity index (χ2n) is 8.58. The van der Waals surface area contributed by atoms with Crippen molar-refractivity contribution in [1.82, 2.24) is 19.5 Å². The molecule has 37 heavy (non-hydrogen) atoms. The summed E-state index contributed by atoms with van der Waals surface area (Å²) in [4.78, 5) is 48.5. The first-order chi connectivity index (χ1) is 17.8.